The molecule has 0 heterocycles. The van der Waals surface area contributed by atoms with E-state index in [-0.39, 0.29) is 0 Å². The van der Waals surface area contributed by atoms with Crippen molar-refractivity contribution in [3.8, 4) is 6.07 Å². The Morgan fingerprint density at radius 3 is 2.05 bits per heavy atom. The van der Waals surface area contributed by atoms with Gasteiger partial charge in [-0.05, 0) is 44.6 Å². The van der Waals surface area contributed by atoms with Gasteiger partial charge in [0.15, 0.2) is 0 Å². The van der Waals surface area contributed by atoms with Crippen LogP contribution in [0.2, 0.25) is 0 Å². The van der Waals surface area contributed by atoms with Gasteiger partial charge in [-0.25, -0.2) is 0 Å². The van der Waals surface area contributed by atoms with Gasteiger partial charge in [0.1, 0.15) is 0 Å². The van der Waals surface area contributed by atoms with Gasteiger partial charge in [0, 0.05) is 0 Å². The lowest BCUT2D eigenvalue weighted by atomic mass is 9.74. The number of benzene rings is 2. The fourth-order valence-electron chi connectivity index (χ4n) is 2.61. The third-order valence-electron chi connectivity index (χ3n) is 3.87. The maximum atomic E-state index is 9.94. The zero-order valence-corrected chi connectivity index (χ0v) is 12.8. The van der Waals surface area contributed by atoms with Gasteiger partial charge in [-0.15, -0.1) is 0 Å². The van der Waals surface area contributed by atoms with Crippen molar-refractivity contribution in [1.29, 1.82) is 5.26 Å². The summed E-state index contributed by atoms with van der Waals surface area (Å²) in [4.78, 5) is 2.14. The summed E-state index contributed by atoms with van der Waals surface area (Å²) in [7, 11) is 4.10. The van der Waals surface area contributed by atoms with Crippen molar-refractivity contribution < 1.29 is 0 Å². The van der Waals surface area contributed by atoms with E-state index in [0.717, 1.165) is 24.9 Å². The lowest BCUT2D eigenvalue weighted by Crippen LogP contribution is -2.31. The quantitative estimate of drug-likeness (QED) is 0.806. The predicted molar refractivity (Wildman–Crippen MR) is 87.1 cm³/mol. The summed E-state index contributed by atoms with van der Waals surface area (Å²) in [5.74, 6) is 0. The normalized spacial score (nSPS) is 13.6. The lowest BCUT2D eigenvalue weighted by Gasteiger charge is -2.29. The molecule has 2 rings (SSSR count). The van der Waals surface area contributed by atoms with Crippen molar-refractivity contribution in [2.75, 3.05) is 20.6 Å². The van der Waals surface area contributed by atoms with Gasteiger partial charge in [0.25, 0.3) is 0 Å². The zero-order chi connectivity index (χ0) is 15.1. The van der Waals surface area contributed by atoms with Gasteiger partial charge in [0.2, 0.25) is 0 Å². The largest absolute Gasteiger partial charge is 0.309 e. The van der Waals surface area contributed by atoms with E-state index in [1.807, 2.05) is 36.4 Å². The fraction of sp³-hybridized carbons (Fsp3) is 0.316. The molecule has 2 heteroatoms. The Morgan fingerprint density at radius 1 is 0.952 bits per heavy atom. The highest BCUT2D eigenvalue weighted by Crippen LogP contribution is 2.31. The average molecular weight is 278 g/mol. The third-order valence-corrected chi connectivity index (χ3v) is 3.87. The summed E-state index contributed by atoms with van der Waals surface area (Å²) < 4.78 is 0. The molecular weight excluding hydrogens is 256 g/mol. The number of nitrogens with zero attached hydrogens (tertiary/aromatic N) is 2. The van der Waals surface area contributed by atoms with Gasteiger partial charge in [-0.1, -0.05) is 60.7 Å². The molecule has 0 spiro atoms. The first-order valence-corrected chi connectivity index (χ1v) is 7.32. The minimum Gasteiger partial charge on any atom is -0.309 e. The van der Waals surface area contributed by atoms with Gasteiger partial charge in [-0.3, -0.25) is 0 Å². The van der Waals surface area contributed by atoms with Gasteiger partial charge in [0.05, 0.1) is 11.5 Å². The molecule has 0 fully saturated rings. The SMILES string of the molecule is CN(C)CC[C@](C#N)(Cc1ccccc1)c1ccccc1. The summed E-state index contributed by atoms with van der Waals surface area (Å²) in [5.41, 5.74) is 1.85. The Bertz CT molecular complexity index is 584. The molecule has 0 amide bonds. The Balaban J connectivity index is 2.35. The Kier molecular flexibility index (Phi) is 5.14. The van der Waals surface area contributed by atoms with Gasteiger partial charge < -0.3 is 4.90 Å². The van der Waals surface area contributed by atoms with E-state index in [2.05, 4.69) is 49.3 Å². The molecule has 108 valence electrons. The highest BCUT2D eigenvalue weighted by Gasteiger charge is 2.32. The molecular formula is C19H22N2. The van der Waals surface area contributed by atoms with E-state index in [1.165, 1.54) is 5.56 Å². The van der Waals surface area contributed by atoms with Crippen molar-refractivity contribution in [1.82, 2.24) is 4.90 Å². The molecule has 21 heavy (non-hydrogen) atoms. The summed E-state index contributed by atoms with van der Waals surface area (Å²) >= 11 is 0. The summed E-state index contributed by atoms with van der Waals surface area (Å²) in [6.45, 7) is 0.898. The van der Waals surface area contributed by atoms with Crippen LogP contribution in [-0.4, -0.2) is 25.5 Å². The van der Waals surface area contributed by atoms with Crippen LogP contribution >= 0.6 is 0 Å². The third kappa shape index (κ3) is 3.93. The van der Waals surface area contributed by atoms with Crippen LogP contribution in [0, 0.1) is 11.3 Å². The van der Waals surface area contributed by atoms with E-state index in [9.17, 15) is 5.26 Å². The van der Waals surface area contributed by atoms with Crippen LogP contribution in [0.4, 0.5) is 0 Å². The summed E-state index contributed by atoms with van der Waals surface area (Å²) in [6.07, 6.45) is 1.58. The molecule has 0 radical (unpaired) electrons. The van der Waals surface area contributed by atoms with Crippen LogP contribution in [0.5, 0.6) is 0 Å². The van der Waals surface area contributed by atoms with E-state index in [1.54, 1.807) is 0 Å². The first kappa shape index (κ1) is 15.3. The van der Waals surface area contributed by atoms with E-state index >= 15 is 0 Å². The maximum Gasteiger partial charge on any atom is 0.0874 e. The Labute approximate surface area is 127 Å². The first-order valence-electron chi connectivity index (χ1n) is 7.32. The second-order valence-corrected chi connectivity index (χ2v) is 5.78. The molecule has 0 aliphatic heterocycles. The average Bonchev–Trinajstić information content (AvgIpc) is 2.53. The summed E-state index contributed by atoms with van der Waals surface area (Å²) in [5, 5.41) is 9.94. The fourth-order valence-corrected chi connectivity index (χ4v) is 2.61. The van der Waals surface area contributed by atoms with Gasteiger partial charge in [-0.2, -0.15) is 5.26 Å². The highest BCUT2D eigenvalue weighted by molar-refractivity contribution is 5.36. The smallest absolute Gasteiger partial charge is 0.0874 e. The minimum atomic E-state index is -0.465. The van der Waals surface area contributed by atoms with Crippen LogP contribution < -0.4 is 0 Å². The summed E-state index contributed by atoms with van der Waals surface area (Å²) in [6, 6.07) is 23.1. The Hall–Kier alpha value is -2.11. The molecule has 0 aromatic heterocycles. The second-order valence-electron chi connectivity index (χ2n) is 5.78. The molecule has 1 atom stereocenters. The van der Waals surface area contributed by atoms with Crippen LogP contribution in [-0.2, 0) is 11.8 Å². The van der Waals surface area contributed by atoms with Crippen LogP contribution in [0.1, 0.15) is 17.5 Å². The molecule has 2 aromatic rings. The van der Waals surface area contributed by atoms with Crippen LogP contribution in [0.3, 0.4) is 0 Å². The molecule has 0 N–H and O–H groups in total. The van der Waals surface area contributed by atoms with Crippen LogP contribution in [0.25, 0.3) is 0 Å². The van der Waals surface area contributed by atoms with E-state index in [0.29, 0.717) is 0 Å². The molecule has 0 unspecified atom stereocenters. The monoisotopic (exact) mass is 278 g/mol. The minimum absolute atomic E-state index is 0.465. The van der Waals surface area contributed by atoms with Crippen molar-refractivity contribution in [3.63, 3.8) is 0 Å². The lowest BCUT2D eigenvalue weighted by molar-refractivity contribution is 0.351. The van der Waals surface area contributed by atoms with Gasteiger partial charge >= 0.3 is 0 Å². The van der Waals surface area contributed by atoms with Crippen LogP contribution in [0.15, 0.2) is 60.7 Å². The molecule has 0 saturated carbocycles. The molecule has 0 aliphatic rings. The first-order chi connectivity index (χ1) is 10.2. The standard InChI is InChI=1S/C19H22N2/c1-21(2)14-13-19(16-20,18-11-7-4-8-12-18)15-17-9-5-3-6-10-17/h3-12H,13-15H2,1-2H3/t19-/m1/s1. The Morgan fingerprint density at radius 2 is 1.52 bits per heavy atom. The van der Waals surface area contributed by atoms with E-state index < -0.39 is 5.41 Å². The number of hydrogen-bond acceptors (Lipinski definition) is 2. The second kappa shape index (κ2) is 7.06. The van der Waals surface area contributed by atoms with Crippen molar-refractivity contribution >= 4 is 0 Å². The number of rotatable bonds is 6. The molecule has 0 bridgehead atoms. The maximum absolute atomic E-state index is 9.94. The topological polar surface area (TPSA) is 27.0 Å². The molecule has 2 nitrogen and oxygen atoms in total. The van der Waals surface area contributed by atoms with E-state index in [4.69, 9.17) is 0 Å². The molecule has 0 saturated heterocycles. The number of nitriles is 1. The van der Waals surface area contributed by atoms with Crippen molar-refractivity contribution in [3.05, 3.63) is 71.8 Å². The molecule has 2 aromatic carbocycles. The number of hydrogen-bond donors (Lipinski definition) is 0. The highest BCUT2D eigenvalue weighted by atomic mass is 15.0. The zero-order valence-electron chi connectivity index (χ0n) is 12.8. The van der Waals surface area contributed by atoms with Crippen molar-refractivity contribution in [2.45, 2.75) is 18.3 Å². The van der Waals surface area contributed by atoms with Crippen molar-refractivity contribution in [2.24, 2.45) is 0 Å². The molecule has 0 aliphatic carbocycles. The predicted octanol–water partition coefficient (Wildman–Crippen LogP) is 3.64.